The highest BCUT2D eigenvalue weighted by Crippen LogP contribution is 2.33. The molecule has 1 aliphatic heterocycles. The van der Waals surface area contributed by atoms with Gasteiger partial charge in [-0.05, 0) is 54.7 Å². The quantitative estimate of drug-likeness (QED) is 0.595. The molecular weight excluding hydrogens is 374 g/mol. The minimum Gasteiger partial charge on any atom is -0.454 e. The molecule has 3 aromatic rings. The molecule has 0 saturated carbocycles. The second-order valence-corrected chi connectivity index (χ2v) is 8.13. The van der Waals surface area contributed by atoms with Gasteiger partial charge in [0.1, 0.15) is 0 Å². The Balaban J connectivity index is 1.51. The minimum absolute atomic E-state index is 0.279. The number of hydrogen-bond donors (Lipinski definition) is 1. The Hall–Kier alpha value is -2.82. The van der Waals surface area contributed by atoms with Crippen LogP contribution in [0.1, 0.15) is 27.8 Å². The third kappa shape index (κ3) is 5.21. The van der Waals surface area contributed by atoms with Crippen LogP contribution in [0.2, 0.25) is 0 Å². The normalized spacial score (nSPS) is 13.6. The van der Waals surface area contributed by atoms with Crippen molar-refractivity contribution in [1.82, 2.24) is 4.90 Å². The molecule has 0 amide bonds. The van der Waals surface area contributed by atoms with E-state index in [0.29, 0.717) is 13.0 Å². The summed E-state index contributed by atoms with van der Waals surface area (Å²) in [6.45, 7) is 6.66. The number of benzene rings is 3. The summed E-state index contributed by atoms with van der Waals surface area (Å²) in [4.78, 5) is 2.31. The third-order valence-electron chi connectivity index (χ3n) is 5.52. The molecule has 4 nitrogen and oxygen atoms in total. The van der Waals surface area contributed by atoms with E-state index in [2.05, 4.69) is 55.1 Å². The number of aliphatic hydroxyl groups excluding tert-OH is 1. The van der Waals surface area contributed by atoms with Crippen molar-refractivity contribution < 1.29 is 14.6 Å². The predicted molar refractivity (Wildman–Crippen MR) is 119 cm³/mol. The van der Waals surface area contributed by atoms with E-state index in [4.69, 9.17) is 9.47 Å². The lowest BCUT2D eigenvalue weighted by Crippen LogP contribution is -2.33. The third-order valence-corrected chi connectivity index (χ3v) is 5.52. The summed E-state index contributed by atoms with van der Waals surface area (Å²) in [5.74, 6) is 1.59. The van der Waals surface area contributed by atoms with Crippen LogP contribution >= 0.6 is 0 Å². The first-order valence-corrected chi connectivity index (χ1v) is 10.5. The molecule has 0 bridgehead atoms. The second-order valence-electron chi connectivity index (χ2n) is 8.13. The van der Waals surface area contributed by atoms with Crippen molar-refractivity contribution in [3.63, 3.8) is 0 Å². The lowest BCUT2D eigenvalue weighted by molar-refractivity contribution is 0.104. The maximum absolute atomic E-state index is 10.8. The average Bonchev–Trinajstić information content (AvgIpc) is 3.19. The zero-order valence-electron chi connectivity index (χ0n) is 17.7. The van der Waals surface area contributed by atoms with Crippen molar-refractivity contribution in [2.75, 3.05) is 13.3 Å². The van der Waals surface area contributed by atoms with Crippen LogP contribution in [-0.2, 0) is 19.5 Å². The monoisotopic (exact) mass is 403 g/mol. The van der Waals surface area contributed by atoms with E-state index in [0.717, 1.165) is 35.7 Å². The van der Waals surface area contributed by atoms with E-state index in [-0.39, 0.29) is 6.79 Å². The molecule has 0 radical (unpaired) electrons. The number of hydrogen-bond acceptors (Lipinski definition) is 4. The highest BCUT2D eigenvalue weighted by Gasteiger charge is 2.18. The molecule has 1 aliphatic rings. The van der Waals surface area contributed by atoms with Gasteiger partial charge in [-0.3, -0.25) is 4.90 Å². The van der Waals surface area contributed by atoms with Crippen molar-refractivity contribution in [3.8, 4) is 11.5 Å². The van der Waals surface area contributed by atoms with Crippen LogP contribution in [0.15, 0.2) is 66.7 Å². The second kappa shape index (κ2) is 9.33. The lowest BCUT2D eigenvalue weighted by atomic mass is 10.0. The molecule has 4 heteroatoms. The average molecular weight is 404 g/mol. The summed E-state index contributed by atoms with van der Waals surface area (Å²) < 4.78 is 11.0. The smallest absolute Gasteiger partial charge is 0.231 e. The SMILES string of the molecule is Cc1ccc(C)c(CN(Cc2ccc3c(c2)OCO3)C[C@@H](O)Cc2ccccc2)c1. The molecule has 30 heavy (non-hydrogen) atoms. The zero-order valence-corrected chi connectivity index (χ0v) is 17.7. The number of ether oxygens (including phenoxy) is 2. The van der Waals surface area contributed by atoms with Gasteiger partial charge >= 0.3 is 0 Å². The van der Waals surface area contributed by atoms with Crippen molar-refractivity contribution in [2.45, 2.75) is 39.5 Å². The summed E-state index contributed by atoms with van der Waals surface area (Å²) in [6, 6.07) is 22.8. The number of aryl methyl sites for hydroxylation is 2. The van der Waals surface area contributed by atoms with E-state index < -0.39 is 6.10 Å². The van der Waals surface area contributed by atoms with Crippen molar-refractivity contribution in [2.24, 2.45) is 0 Å². The molecule has 0 unspecified atom stereocenters. The van der Waals surface area contributed by atoms with Gasteiger partial charge in [-0.2, -0.15) is 0 Å². The van der Waals surface area contributed by atoms with Crippen molar-refractivity contribution in [1.29, 1.82) is 0 Å². The number of rotatable bonds is 8. The van der Waals surface area contributed by atoms with E-state index in [1.807, 2.05) is 30.3 Å². The fourth-order valence-corrected chi connectivity index (χ4v) is 3.94. The zero-order chi connectivity index (χ0) is 20.9. The molecular formula is C26H29NO3. The highest BCUT2D eigenvalue weighted by atomic mass is 16.7. The lowest BCUT2D eigenvalue weighted by Gasteiger charge is -2.26. The maximum Gasteiger partial charge on any atom is 0.231 e. The van der Waals surface area contributed by atoms with Crippen molar-refractivity contribution in [3.05, 3.63) is 94.5 Å². The van der Waals surface area contributed by atoms with Gasteiger partial charge in [0.2, 0.25) is 6.79 Å². The van der Waals surface area contributed by atoms with Crippen LogP contribution in [0.4, 0.5) is 0 Å². The topological polar surface area (TPSA) is 41.9 Å². The van der Waals surface area contributed by atoms with Crippen LogP contribution in [0.5, 0.6) is 11.5 Å². The Kier molecular flexibility index (Phi) is 6.36. The molecule has 1 N–H and O–H groups in total. The van der Waals surface area contributed by atoms with Gasteiger partial charge in [-0.25, -0.2) is 0 Å². The van der Waals surface area contributed by atoms with Crippen LogP contribution in [0.25, 0.3) is 0 Å². The first-order chi connectivity index (χ1) is 14.6. The molecule has 0 spiro atoms. The highest BCUT2D eigenvalue weighted by molar-refractivity contribution is 5.44. The van der Waals surface area contributed by atoms with Gasteiger partial charge in [-0.15, -0.1) is 0 Å². The first-order valence-electron chi connectivity index (χ1n) is 10.5. The molecule has 1 heterocycles. The first kappa shape index (κ1) is 20.5. The fourth-order valence-electron chi connectivity index (χ4n) is 3.94. The Morgan fingerprint density at radius 1 is 0.867 bits per heavy atom. The Morgan fingerprint density at radius 2 is 1.67 bits per heavy atom. The van der Waals surface area contributed by atoms with E-state index in [1.165, 1.54) is 16.7 Å². The summed E-state index contributed by atoms with van der Waals surface area (Å²) in [5, 5.41) is 10.8. The summed E-state index contributed by atoms with van der Waals surface area (Å²) in [7, 11) is 0. The van der Waals surface area contributed by atoms with Gasteiger partial charge in [0.25, 0.3) is 0 Å². The molecule has 0 aliphatic carbocycles. The molecule has 4 rings (SSSR count). The molecule has 3 aromatic carbocycles. The molecule has 156 valence electrons. The number of fused-ring (bicyclic) bond motifs is 1. The van der Waals surface area contributed by atoms with Gasteiger partial charge in [0.05, 0.1) is 6.10 Å². The van der Waals surface area contributed by atoms with Crippen molar-refractivity contribution >= 4 is 0 Å². The fraction of sp³-hybridized carbons (Fsp3) is 0.308. The predicted octanol–water partition coefficient (Wildman–Crippen LogP) is 4.64. The minimum atomic E-state index is -0.438. The summed E-state index contributed by atoms with van der Waals surface area (Å²) in [5.41, 5.74) is 6.12. The largest absolute Gasteiger partial charge is 0.454 e. The van der Waals surface area contributed by atoms with Gasteiger partial charge < -0.3 is 14.6 Å². The Bertz CT molecular complexity index is 987. The van der Waals surface area contributed by atoms with Crippen LogP contribution < -0.4 is 9.47 Å². The number of nitrogens with zero attached hydrogens (tertiary/aromatic N) is 1. The van der Waals surface area contributed by atoms with E-state index in [9.17, 15) is 5.11 Å². The summed E-state index contributed by atoms with van der Waals surface area (Å²) >= 11 is 0. The molecule has 1 atom stereocenters. The van der Waals surface area contributed by atoms with E-state index in [1.54, 1.807) is 0 Å². The standard InChI is InChI=1S/C26H29NO3/c1-19-8-9-20(2)23(12-19)16-27(17-24(28)13-21-6-4-3-5-7-21)15-22-10-11-25-26(14-22)30-18-29-25/h3-12,14,24,28H,13,15-18H2,1-2H3/t24-/m0/s1. The van der Waals surface area contributed by atoms with E-state index >= 15 is 0 Å². The molecule has 0 saturated heterocycles. The maximum atomic E-state index is 10.8. The summed E-state index contributed by atoms with van der Waals surface area (Å²) in [6.07, 6.45) is 0.206. The Morgan fingerprint density at radius 3 is 2.50 bits per heavy atom. The van der Waals surface area contributed by atoms with Crippen LogP contribution in [0.3, 0.4) is 0 Å². The van der Waals surface area contributed by atoms with Gasteiger partial charge in [0.15, 0.2) is 11.5 Å². The van der Waals surface area contributed by atoms with Gasteiger partial charge in [-0.1, -0.05) is 60.2 Å². The number of aliphatic hydroxyl groups is 1. The van der Waals surface area contributed by atoms with Gasteiger partial charge in [0, 0.05) is 19.6 Å². The van der Waals surface area contributed by atoms with Crippen LogP contribution in [-0.4, -0.2) is 29.4 Å². The molecule has 0 aromatic heterocycles. The molecule has 0 fully saturated rings. The Labute approximate surface area is 178 Å². The van der Waals surface area contributed by atoms with Crippen LogP contribution in [0, 0.1) is 13.8 Å².